The van der Waals surface area contributed by atoms with Crippen molar-refractivity contribution >= 4 is 10.9 Å². The number of nitrogens with zero attached hydrogens (tertiary/aromatic N) is 3. The zero-order valence-corrected chi connectivity index (χ0v) is 12.7. The Labute approximate surface area is 124 Å². The van der Waals surface area contributed by atoms with Crippen molar-refractivity contribution in [1.82, 2.24) is 20.1 Å². The van der Waals surface area contributed by atoms with Crippen molar-refractivity contribution in [3.05, 3.63) is 59.5 Å². The molecule has 1 unspecified atom stereocenters. The van der Waals surface area contributed by atoms with Gasteiger partial charge in [-0.05, 0) is 31.7 Å². The van der Waals surface area contributed by atoms with Crippen molar-refractivity contribution in [2.45, 2.75) is 19.4 Å². The maximum atomic E-state index is 4.56. The number of rotatable bonds is 4. The van der Waals surface area contributed by atoms with Crippen LogP contribution in [-0.4, -0.2) is 21.8 Å². The summed E-state index contributed by atoms with van der Waals surface area (Å²) in [5, 5.41) is 9.02. The van der Waals surface area contributed by atoms with Crippen molar-refractivity contribution in [2.24, 2.45) is 7.05 Å². The molecule has 2 aromatic heterocycles. The van der Waals surface area contributed by atoms with Crippen LogP contribution in [0.15, 0.2) is 42.6 Å². The van der Waals surface area contributed by atoms with Gasteiger partial charge in [0.05, 0.1) is 11.2 Å². The van der Waals surface area contributed by atoms with Gasteiger partial charge in [0.1, 0.15) is 0 Å². The first-order valence-electron chi connectivity index (χ1n) is 7.19. The summed E-state index contributed by atoms with van der Waals surface area (Å²) in [6.45, 7) is 2.03. The molecule has 2 heterocycles. The van der Waals surface area contributed by atoms with Crippen molar-refractivity contribution in [3.63, 3.8) is 0 Å². The Bertz CT molecular complexity index is 755. The predicted octanol–water partition coefficient (Wildman–Crippen LogP) is 2.78. The van der Waals surface area contributed by atoms with Crippen LogP contribution in [-0.2, 0) is 13.5 Å². The van der Waals surface area contributed by atoms with Gasteiger partial charge >= 0.3 is 0 Å². The van der Waals surface area contributed by atoms with E-state index in [4.69, 9.17) is 0 Å². The fraction of sp³-hybridized carbons (Fsp3) is 0.294. The van der Waals surface area contributed by atoms with Gasteiger partial charge in [0.2, 0.25) is 0 Å². The molecule has 3 rings (SSSR count). The number of fused-ring (bicyclic) bond motifs is 1. The molecule has 21 heavy (non-hydrogen) atoms. The first kappa shape index (κ1) is 13.8. The molecular formula is C17H20N4. The largest absolute Gasteiger partial charge is 0.313 e. The van der Waals surface area contributed by atoms with E-state index in [1.807, 2.05) is 38.0 Å². The number of likely N-dealkylation sites (N-methyl/N-ethyl adjacent to an activating group) is 1. The highest BCUT2D eigenvalue weighted by Crippen LogP contribution is 2.25. The van der Waals surface area contributed by atoms with Crippen molar-refractivity contribution < 1.29 is 0 Å². The summed E-state index contributed by atoms with van der Waals surface area (Å²) in [5.41, 5.74) is 4.57. The maximum absolute atomic E-state index is 4.56. The van der Waals surface area contributed by atoms with Gasteiger partial charge in [0.25, 0.3) is 0 Å². The third-order valence-electron chi connectivity index (χ3n) is 3.90. The lowest BCUT2D eigenvalue weighted by Crippen LogP contribution is -2.20. The van der Waals surface area contributed by atoms with Crippen LogP contribution in [0.1, 0.15) is 23.0 Å². The molecule has 0 amide bonds. The molecule has 0 aliphatic rings. The monoisotopic (exact) mass is 280 g/mol. The van der Waals surface area contributed by atoms with Gasteiger partial charge in [0.15, 0.2) is 0 Å². The molecule has 4 nitrogen and oxygen atoms in total. The number of hydrogen-bond donors (Lipinski definition) is 1. The summed E-state index contributed by atoms with van der Waals surface area (Å²) in [4.78, 5) is 4.56. The standard InChI is InChI=1S/C17H20N4/c1-12-10-14(21(3)20-12)11-16(18-2)15-8-4-6-13-7-5-9-19-17(13)15/h4-10,16,18H,11H2,1-3H3. The number of hydrogen-bond acceptors (Lipinski definition) is 3. The Morgan fingerprint density at radius 3 is 2.76 bits per heavy atom. The molecule has 3 aromatic rings. The normalized spacial score (nSPS) is 12.7. The number of nitrogens with one attached hydrogen (secondary N) is 1. The van der Waals surface area contributed by atoms with Crippen molar-refractivity contribution in [3.8, 4) is 0 Å². The van der Waals surface area contributed by atoms with Gasteiger partial charge in [-0.25, -0.2) is 0 Å². The van der Waals surface area contributed by atoms with E-state index < -0.39 is 0 Å². The lowest BCUT2D eigenvalue weighted by molar-refractivity contribution is 0.564. The molecule has 0 aliphatic heterocycles. The second-order valence-electron chi connectivity index (χ2n) is 5.37. The van der Waals surface area contributed by atoms with Crippen LogP contribution < -0.4 is 5.32 Å². The lowest BCUT2D eigenvalue weighted by atomic mass is 9.99. The summed E-state index contributed by atoms with van der Waals surface area (Å²) in [5.74, 6) is 0. The Hall–Kier alpha value is -2.20. The highest BCUT2D eigenvalue weighted by atomic mass is 15.3. The first-order chi connectivity index (χ1) is 10.2. The van der Waals surface area contributed by atoms with Crippen LogP contribution in [0.25, 0.3) is 10.9 Å². The predicted molar refractivity (Wildman–Crippen MR) is 85.2 cm³/mol. The molecule has 0 saturated heterocycles. The van der Waals surface area contributed by atoms with Crippen LogP contribution >= 0.6 is 0 Å². The van der Waals surface area contributed by atoms with Crippen LogP contribution in [0.3, 0.4) is 0 Å². The average Bonchev–Trinajstić information content (AvgIpc) is 2.82. The van der Waals surface area contributed by atoms with E-state index in [-0.39, 0.29) is 6.04 Å². The Morgan fingerprint density at radius 2 is 2.05 bits per heavy atom. The number of benzene rings is 1. The summed E-state index contributed by atoms with van der Waals surface area (Å²) < 4.78 is 1.96. The number of para-hydroxylation sites is 1. The second kappa shape index (κ2) is 5.66. The molecule has 0 spiro atoms. The molecule has 0 radical (unpaired) electrons. The highest BCUT2D eigenvalue weighted by molar-refractivity contribution is 5.82. The van der Waals surface area contributed by atoms with Gasteiger partial charge in [-0.2, -0.15) is 5.10 Å². The summed E-state index contributed by atoms with van der Waals surface area (Å²) in [6.07, 6.45) is 2.75. The minimum atomic E-state index is 0.221. The molecule has 0 aliphatic carbocycles. The van der Waals surface area contributed by atoms with Gasteiger partial charge in [-0.15, -0.1) is 0 Å². The van der Waals surface area contributed by atoms with E-state index in [9.17, 15) is 0 Å². The van der Waals surface area contributed by atoms with Crippen molar-refractivity contribution in [2.75, 3.05) is 7.05 Å². The third-order valence-corrected chi connectivity index (χ3v) is 3.90. The van der Waals surface area contributed by atoms with E-state index in [0.717, 1.165) is 17.6 Å². The van der Waals surface area contributed by atoms with Crippen LogP contribution in [0, 0.1) is 6.92 Å². The Morgan fingerprint density at radius 1 is 1.24 bits per heavy atom. The number of aryl methyl sites for hydroxylation is 2. The molecule has 0 fully saturated rings. The third kappa shape index (κ3) is 2.67. The van der Waals surface area contributed by atoms with Gasteiger partial charge in [-0.3, -0.25) is 9.67 Å². The Balaban J connectivity index is 2.00. The van der Waals surface area contributed by atoms with E-state index in [1.165, 1.54) is 16.6 Å². The molecule has 1 atom stereocenters. The average molecular weight is 280 g/mol. The zero-order valence-electron chi connectivity index (χ0n) is 12.7. The molecule has 108 valence electrons. The molecule has 0 bridgehead atoms. The fourth-order valence-corrected chi connectivity index (χ4v) is 2.84. The summed E-state index contributed by atoms with van der Waals surface area (Å²) in [7, 11) is 3.99. The Kier molecular flexibility index (Phi) is 3.71. The quantitative estimate of drug-likeness (QED) is 0.799. The van der Waals surface area contributed by atoms with Gasteiger partial charge in [0, 0.05) is 36.8 Å². The minimum Gasteiger partial charge on any atom is -0.313 e. The number of aromatic nitrogens is 3. The van der Waals surface area contributed by atoms with Crippen LogP contribution in [0.4, 0.5) is 0 Å². The molecule has 1 N–H and O–H groups in total. The van der Waals surface area contributed by atoms with Crippen molar-refractivity contribution in [1.29, 1.82) is 0 Å². The van der Waals surface area contributed by atoms with E-state index in [2.05, 4.69) is 45.7 Å². The minimum absolute atomic E-state index is 0.221. The van der Waals surface area contributed by atoms with Crippen LogP contribution in [0.2, 0.25) is 0 Å². The zero-order chi connectivity index (χ0) is 14.8. The van der Waals surface area contributed by atoms with Gasteiger partial charge in [-0.1, -0.05) is 24.3 Å². The molecule has 0 saturated carbocycles. The molecule has 1 aromatic carbocycles. The topological polar surface area (TPSA) is 42.7 Å². The maximum Gasteiger partial charge on any atom is 0.0749 e. The highest BCUT2D eigenvalue weighted by Gasteiger charge is 2.16. The summed E-state index contributed by atoms with van der Waals surface area (Å²) in [6, 6.07) is 12.8. The first-order valence-corrected chi connectivity index (χ1v) is 7.19. The van der Waals surface area contributed by atoms with Gasteiger partial charge < -0.3 is 5.32 Å². The van der Waals surface area contributed by atoms with E-state index in [0.29, 0.717) is 0 Å². The molecule has 4 heteroatoms. The second-order valence-corrected chi connectivity index (χ2v) is 5.37. The lowest BCUT2D eigenvalue weighted by Gasteiger charge is -2.18. The van der Waals surface area contributed by atoms with Crippen LogP contribution in [0.5, 0.6) is 0 Å². The fourth-order valence-electron chi connectivity index (χ4n) is 2.84. The summed E-state index contributed by atoms with van der Waals surface area (Å²) >= 11 is 0. The SMILES string of the molecule is CNC(Cc1cc(C)nn1C)c1cccc2cccnc12. The smallest absolute Gasteiger partial charge is 0.0749 e. The van der Waals surface area contributed by atoms with E-state index >= 15 is 0 Å². The van der Waals surface area contributed by atoms with E-state index in [1.54, 1.807) is 0 Å². The molecular weight excluding hydrogens is 260 g/mol. The number of pyridine rings is 1.